The molecule has 0 radical (unpaired) electrons. The molecule has 2 aliphatic heterocycles. The number of carbonyl (C=O) groups is 4. The van der Waals surface area contributed by atoms with Crippen molar-refractivity contribution in [2.75, 3.05) is 19.6 Å². The van der Waals surface area contributed by atoms with E-state index in [0.717, 1.165) is 12.8 Å². The predicted molar refractivity (Wildman–Crippen MR) is 69.8 cm³/mol. The van der Waals surface area contributed by atoms with Gasteiger partial charge in [-0.3, -0.25) is 29.6 Å². The van der Waals surface area contributed by atoms with Crippen molar-refractivity contribution in [3.8, 4) is 0 Å². The Hall–Kier alpha value is -2.12. The lowest BCUT2D eigenvalue weighted by atomic mass is 10.4. The second kappa shape index (κ2) is 7.46. The number of hydrazine groups is 1. The van der Waals surface area contributed by atoms with Crippen LogP contribution in [0.2, 0.25) is 0 Å². The second-order valence-electron chi connectivity index (χ2n) is 4.70. The average Bonchev–Trinajstić information content (AvgIpc) is 2.90. The fourth-order valence-electron chi connectivity index (χ4n) is 2.02. The molecular weight excluding hydrogens is 264 g/mol. The van der Waals surface area contributed by atoms with E-state index >= 15 is 0 Å². The second-order valence-corrected chi connectivity index (χ2v) is 4.70. The van der Waals surface area contributed by atoms with E-state index in [4.69, 9.17) is 5.73 Å². The number of nitrogens with two attached hydrogens (primary N) is 1. The monoisotopic (exact) mass is 284 g/mol. The number of amides is 4. The zero-order chi connectivity index (χ0) is 15.1. The molecule has 0 bridgehead atoms. The molecule has 0 unspecified atom stereocenters. The zero-order valence-electron chi connectivity index (χ0n) is 11.6. The fraction of sp³-hybridized carbons (Fsp3) is 0.667. The van der Waals surface area contributed by atoms with Crippen LogP contribution in [0.3, 0.4) is 0 Å². The van der Waals surface area contributed by atoms with Gasteiger partial charge in [-0.15, -0.1) is 0 Å². The molecule has 2 heterocycles. The molecule has 0 saturated carbocycles. The molecule has 3 N–H and O–H groups in total. The van der Waals surface area contributed by atoms with Gasteiger partial charge in [0, 0.05) is 32.9 Å². The maximum Gasteiger partial charge on any atom is 0.241 e. The van der Waals surface area contributed by atoms with E-state index in [1.54, 1.807) is 0 Å². The largest absolute Gasteiger partial charge is 0.368 e. The number of carbonyl (C=O) groups excluding carboxylic acids is 4. The molecule has 4 amide bonds. The predicted octanol–water partition coefficient (Wildman–Crippen LogP) is -1.25. The van der Waals surface area contributed by atoms with E-state index in [-0.39, 0.29) is 24.3 Å². The molecule has 8 heteroatoms. The average molecular weight is 284 g/mol. The molecule has 0 aliphatic carbocycles. The molecule has 20 heavy (non-hydrogen) atoms. The normalized spacial score (nSPS) is 17.9. The molecule has 112 valence electrons. The van der Waals surface area contributed by atoms with Crippen LogP contribution >= 0.6 is 0 Å². The molecule has 0 atom stereocenters. The van der Waals surface area contributed by atoms with Crippen LogP contribution in [0.25, 0.3) is 0 Å². The Morgan fingerprint density at radius 1 is 1.15 bits per heavy atom. The summed E-state index contributed by atoms with van der Waals surface area (Å²) in [5.74, 6) is -0.570. The van der Waals surface area contributed by atoms with Crippen molar-refractivity contribution in [3.63, 3.8) is 0 Å². The summed E-state index contributed by atoms with van der Waals surface area (Å²) in [6, 6.07) is 0. The Bertz CT molecular complexity index is 372. The molecular formula is C12H20N4O4. The van der Waals surface area contributed by atoms with Gasteiger partial charge < -0.3 is 10.6 Å². The van der Waals surface area contributed by atoms with E-state index in [2.05, 4.69) is 5.43 Å². The number of hydrogen-bond acceptors (Lipinski definition) is 4. The number of hydrogen-bond donors (Lipinski definition) is 2. The van der Waals surface area contributed by atoms with Crippen molar-refractivity contribution in [1.82, 2.24) is 15.3 Å². The Labute approximate surface area is 117 Å². The summed E-state index contributed by atoms with van der Waals surface area (Å²) in [7, 11) is 0. The van der Waals surface area contributed by atoms with Crippen molar-refractivity contribution < 1.29 is 19.2 Å². The first-order valence-corrected chi connectivity index (χ1v) is 6.54. The lowest BCUT2D eigenvalue weighted by molar-refractivity contribution is -0.137. The molecule has 0 spiro atoms. The maximum absolute atomic E-state index is 10.8. The molecule has 2 fully saturated rings. The van der Waals surface area contributed by atoms with Crippen LogP contribution in [0.4, 0.5) is 0 Å². The van der Waals surface area contributed by atoms with Crippen LogP contribution in [-0.2, 0) is 19.2 Å². The third-order valence-electron chi connectivity index (χ3n) is 2.88. The van der Waals surface area contributed by atoms with Gasteiger partial charge in [-0.1, -0.05) is 0 Å². The van der Waals surface area contributed by atoms with Gasteiger partial charge in [0.05, 0.1) is 6.54 Å². The summed E-state index contributed by atoms with van der Waals surface area (Å²) in [4.78, 5) is 43.9. The third-order valence-corrected chi connectivity index (χ3v) is 2.88. The van der Waals surface area contributed by atoms with Crippen LogP contribution < -0.4 is 11.2 Å². The van der Waals surface area contributed by atoms with Gasteiger partial charge in [0.15, 0.2) is 0 Å². The molecule has 2 rings (SSSR count). The van der Waals surface area contributed by atoms with Crippen molar-refractivity contribution in [3.05, 3.63) is 0 Å². The SMILES string of the molecule is CC(=O)NN1CCCC1=O.NC(=O)CN1CCCC1=O. The van der Waals surface area contributed by atoms with Crippen molar-refractivity contribution in [2.45, 2.75) is 32.6 Å². The Kier molecular flexibility index (Phi) is 5.95. The standard InChI is InChI=1S/2C6H10N2O2/c1-5(9)7-8-4-2-3-6(8)10;7-5(9)4-8-3-1-2-6(8)10/h2-4H2,1H3,(H,7,9);1-4H2,(H2,7,9). The maximum atomic E-state index is 10.8. The fourth-order valence-corrected chi connectivity index (χ4v) is 2.02. The van der Waals surface area contributed by atoms with Gasteiger partial charge in [0.1, 0.15) is 0 Å². The van der Waals surface area contributed by atoms with E-state index < -0.39 is 5.91 Å². The minimum atomic E-state index is -0.435. The van der Waals surface area contributed by atoms with Crippen molar-refractivity contribution in [2.24, 2.45) is 5.73 Å². The Morgan fingerprint density at radius 2 is 1.75 bits per heavy atom. The highest BCUT2D eigenvalue weighted by atomic mass is 16.2. The first-order chi connectivity index (χ1) is 9.40. The number of rotatable bonds is 3. The van der Waals surface area contributed by atoms with Gasteiger partial charge in [0.25, 0.3) is 0 Å². The molecule has 0 aromatic rings. The van der Waals surface area contributed by atoms with Crippen LogP contribution in [0.5, 0.6) is 0 Å². The van der Waals surface area contributed by atoms with E-state index in [1.807, 2.05) is 0 Å². The third kappa shape index (κ3) is 5.25. The molecule has 8 nitrogen and oxygen atoms in total. The Morgan fingerprint density at radius 3 is 2.15 bits per heavy atom. The number of nitrogens with zero attached hydrogens (tertiary/aromatic N) is 2. The summed E-state index contributed by atoms with van der Waals surface area (Å²) < 4.78 is 0. The quantitative estimate of drug-likeness (QED) is 0.674. The highest BCUT2D eigenvalue weighted by Gasteiger charge is 2.21. The first-order valence-electron chi connectivity index (χ1n) is 6.54. The lowest BCUT2D eigenvalue weighted by Gasteiger charge is -2.14. The molecule has 2 aliphatic rings. The first kappa shape index (κ1) is 15.9. The number of likely N-dealkylation sites (tertiary alicyclic amines) is 1. The smallest absolute Gasteiger partial charge is 0.241 e. The molecule has 2 saturated heterocycles. The van der Waals surface area contributed by atoms with Crippen LogP contribution in [0, 0.1) is 0 Å². The highest BCUT2D eigenvalue weighted by Crippen LogP contribution is 2.07. The summed E-state index contributed by atoms with van der Waals surface area (Å²) in [5, 5.41) is 1.36. The summed E-state index contributed by atoms with van der Waals surface area (Å²) >= 11 is 0. The lowest BCUT2D eigenvalue weighted by Crippen LogP contribution is -2.41. The van der Waals surface area contributed by atoms with Gasteiger partial charge >= 0.3 is 0 Å². The van der Waals surface area contributed by atoms with Gasteiger partial charge in [-0.05, 0) is 12.8 Å². The number of nitrogens with one attached hydrogen (secondary N) is 1. The van der Waals surface area contributed by atoms with Gasteiger partial charge in [0.2, 0.25) is 23.6 Å². The van der Waals surface area contributed by atoms with E-state index in [9.17, 15) is 19.2 Å². The summed E-state index contributed by atoms with van der Waals surface area (Å²) in [6.07, 6.45) is 2.82. The zero-order valence-corrected chi connectivity index (χ0v) is 11.6. The van der Waals surface area contributed by atoms with Gasteiger partial charge in [-0.25, -0.2) is 0 Å². The van der Waals surface area contributed by atoms with Crippen LogP contribution in [-0.4, -0.2) is 53.2 Å². The minimum absolute atomic E-state index is 0.00944. The van der Waals surface area contributed by atoms with Crippen LogP contribution in [0.15, 0.2) is 0 Å². The van der Waals surface area contributed by atoms with Crippen LogP contribution in [0.1, 0.15) is 32.6 Å². The minimum Gasteiger partial charge on any atom is -0.368 e. The molecule has 0 aromatic carbocycles. The van der Waals surface area contributed by atoms with Crippen molar-refractivity contribution in [1.29, 1.82) is 0 Å². The summed E-state index contributed by atoms with van der Waals surface area (Å²) in [6.45, 7) is 2.81. The van der Waals surface area contributed by atoms with Gasteiger partial charge in [-0.2, -0.15) is 0 Å². The topological polar surface area (TPSA) is 113 Å². The summed E-state index contributed by atoms with van der Waals surface area (Å²) in [5.41, 5.74) is 7.34. The molecule has 0 aromatic heterocycles. The van der Waals surface area contributed by atoms with E-state index in [0.29, 0.717) is 25.9 Å². The highest BCUT2D eigenvalue weighted by molar-refractivity contribution is 5.85. The Balaban J connectivity index is 0.000000200. The van der Waals surface area contributed by atoms with Crippen molar-refractivity contribution >= 4 is 23.6 Å². The van der Waals surface area contributed by atoms with E-state index in [1.165, 1.54) is 16.8 Å². The number of primary amides is 1.